The van der Waals surface area contributed by atoms with Crippen LogP contribution in [-0.4, -0.2) is 41.0 Å². The van der Waals surface area contributed by atoms with E-state index in [0.717, 1.165) is 59.8 Å². The first-order valence-corrected chi connectivity index (χ1v) is 11.4. The van der Waals surface area contributed by atoms with Crippen LogP contribution in [0.25, 0.3) is 21.6 Å². The fraction of sp³-hybridized carbons (Fsp3) is 0.250. The molecule has 0 bridgehead atoms. The fourth-order valence-corrected chi connectivity index (χ4v) is 4.95. The number of nitrogens with zero attached hydrogens (tertiary/aromatic N) is 4. The summed E-state index contributed by atoms with van der Waals surface area (Å²) in [4.78, 5) is 17.1. The molecular formula is C24H23ClN4S. The first-order chi connectivity index (χ1) is 14.7. The van der Waals surface area contributed by atoms with Crippen LogP contribution in [0.5, 0.6) is 0 Å². The van der Waals surface area contributed by atoms with E-state index in [4.69, 9.17) is 21.6 Å². The van der Waals surface area contributed by atoms with Gasteiger partial charge in [0.1, 0.15) is 10.6 Å². The van der Waals surface area contributed by atoms with Gasteiger partial charge in [0.25, 0.3) is 0 Å². The van der Waals surface area contributed by atoms with Gasteiger partial charge in [-0.15, -0.1) is 11.3 Å². The summed E-state index contributed by atoms with van der Waals surface area (Å²) in [5.41, 5.74) is 2.37. The first kappa shape index (κ1) is 19.5. The van der Waals surface area contributed by atoms with E-state index in [1.807, 2.05) is 30.3 Å². The molecule has 1 aliphatic rings. The van der Waals surface area contributed by atoms with Gasteiger partial charge in [-0.05, 0) is 30.7 Å². The van der Waals surface area contributed by atoms with Gasteiger partial charge in [0.15, 0.2) is 5.82 Å². The largest absolute Gasteiger partial charge is 0.353 e. The predicted octanol–water partition coefficient (Wildman–Crippen LogP) is 5.64. The summed E-state index contributed by atoms with van der Waals surface area (Å²) in [6, 6.07) is 20.7. The molecule has 4 nitrogen and oxygen atoms in total. The molecule has 152 valence electrons. The van der Waals surface area contributed by atoms with E-state index in [1.54, 1.807) is 11.3 Å². The van der Waals surface area contributed by atoms with E-state index in [0.29, 0.717) is 0 Å². The summed E-state index contributed by atoms with van der Waals surface area (Å²) in [6.07, 6.45) is 0. The van der Waals surface area contributed by atoms with Crippen molar-refractivity contribution < 1.29 is 0 Å². The van der Waals surface area contributed by atoms with E-state index >= 15 is 0 Å². The van der Waals surface area contributed by atoms with Gasteiger partial charge in [-0.1, -0.05) is 54.1 Å². The molecule has 0 unspecified atom stereocenters. The minimum atomic E-state index is 0.789. The van der Waals surface area contributed by atoms with E-state index < -0.39 is 0 Å². The third kappa shape index (κ3) is 4.06. The Bertz CT molecular complexity index is 1150. The Balaban J connectivity index is 1.39. The lowest BCUT2D eigenvalue weighted by Crippen LogP contribution is -2.46. The van der Waals surface area contributed by atoms with Crippen LogP contribution in [0.3, 0.4) is 0 Å². The van der Waals surface area contributed by atoms with Gasteiger partial charge in [-0.3, -0.25) is 4.90 Å². The topological polar surface area (TPSA) is 32.3 Å². The number of hydrogen-bond acceptors (Lipinski definition) is 5. The average molecular weight is 435 g/mol. The van der Waals surface area contributed by atoms with Crippen molar-refractivity contribution in [1.29, 1.82) is 0 Å². The Morgan fingerprint density at radius 2 is 1.67 bits per heavy atom. The number of rotatable bonds is 4. The van der Waals surface area contributed by atoms with E-state index in [-0.39, 0.29) is 0 Å². The lowest BCUT2D eigenvalue weighted by atomic mass is 10.2. The normalized spacial score (nSPS) is 15.1. The maximum absolute atomic E-state index is 6.02. The number of aryl methyl sites for hydroxylation is 1. The molecule has 30 heavy (non-hydrogen) atoms. The van der Waals surface area contributed by atoms with Crippen LogP contribution in [0.1, 0.15) is 10.4 Å². The molecule has 5 rings (SSSR count). The van der Waals surface area contributed by atoms with Crippen LogP contribution < -0.4 is 4.90 Å². The highest BCUT2D eigenvalue weighted by Gasteiger charge is 2.22. The lowest BCUT2D eigenvalue weighted by Gasteiger charge is -2.35. The van der Waals surface area contributed by atoms with Crippen molar-refractivity contribution in [3.63, 3.8) is 0 Å². The maximum Gasteiger partial charge on any atom is 0.163 e. The molecule has 1 aliphatic heterocycles. The van der Waals surface area contributed by atoms with Crippen LogP contribution in [0, 0.1) is 6.92 Å². The maximum atomic E-state index is 6.02. The highest BCUT2D eigenvalue weighted by atomic mass is 35.5. The second-order valence-corrected chi connectivity index (χ2v) is 9.37. The number of fused-ring (bicyclic) bond motifs is 1. The van der Waals surface area contributed by atoms with Crippen molar-refractivity contribution in [3.05, 3.63) is 76.1 Å². The summed E-state index contributed by atoms with van der Waals surface area (Å²) < 4.78 is 0. The standard InChI is InChI=1S/C24H23ClN4S/c1-17-15-21-23(26-22(27-24(21)30-17)19-5-3-2-4-6-19)29-13-11-28(12-14-29)16-18-7-9-20(25)10-8-18/h2-10,15H,11-14,16H2,1H3. The fourth-order valence-electron chi connectivity index (χ4n) is 3.95. The van der Waals surface area contributed by atoms with Gasteiger partial charge < -0.3 is 4.90 Å². The number of benzene rings is 2. The molecule has 3 heterocycles. The molecule has 2 aromatic carbocycles. The summed E-state index contributed by atoms with van der Waals surface area (Å²) in [7, 11) is 0. The third-order valence-corrected chi connectivity index (χ3v) is 6.72. The molecule has 0 saturated carbocycles. The number of piperazine rings is 1. The second-order valence-electron chi connectivity index (χ2n) is 7.70. The highest BCUT2D eigenvalue weighted by molar-refractivity contribution is 7.18. The quantitative estimate of drug-likeness (QED) is 0.416. The Morgan fingerprint density at radius 3 is 2.40 bits per heavy atom. The van der Waals surface area contributed by atoms with Crippen LogP contribution in [-0.2, 0) is 6.54 Å². The van der Waals surface area contributed by atoms with Crippen molar-refractivity contribution in [2.75, 3.05) is 31.1 Å². The third-order valence-electron chi connectivity index (χ3n) is 5.52. The number of hydrogen-bond donors (Lipinski definition) is 0. The molecule has 0 atom stereocenters. The van der Waals surface area contributed by atoms with Crippen molar-refractivity contribution in [3.8, 4) is 11.4 Å². The Morgan fingerprint density at radius 1 is 0.933 bits per heavy atom. The SMILES string of the molecule is Cc1cc2c(N3CCN(Cc4ccc(Cl)cc4)CC3)nc(-c3ccccc3)nc2s1. The Kier molecular flexibility index (Phi) is 5.42. The molecule has 0 N–H and O–H groups in total. The minimum Gasteiger partial charge on any atom is -0.353 e. The molecule has 0 spiro atoms. The molecule has 4 aromatic rings. The van der Waals surface area contributed by atoms with Gasteiger partial charge in [0, 0.05) is 48.2 Å². The average Bonchev–Trinajstić information content (AvgIpc) is 3.16. The Hall–Kier alpha value is -2.47. The van der Waals surface area contributed by atoms with Gasteiger partial charge in [0.05, 0.1) is 5.39 Å². The number of aromatic nitrogens is 2. The molecule has 1 fully saturated rings. The summed E-state index contributed by atoms with van der Waals surface area (Å²) in [6.45, 7) is 7.04. The van der Waals surface area contributed by atoms with E-state index in [2.05, 4.69) is 47.1 Å². The first-order valence-electron chi connectivity index (χ1n) is 10.2. The van der Waals surface area contributed by atoms with Crippen LogP contribution in [0.2, 0.25) is 5.02 Å². The smallest absolute Gasteiger partial charge is 0.163 e. The van der Waals surface area contributed by atoms with Crippen LogP contribution in [0.4, 0.5) is 5.82 Å². The number of anilines is 1. The zero-order valence-corrected chi connectivity index (χ0v) is 18.5. The van der Waals surface area contributed by atoms with E-state index in [1.165, 1.54) is 15.8 Å². The molecule has 0 amide bonds. The van der Waals surface area contributed by atoms with Crippen LogP contribution >= 0.6 is 22.9 Å². The molecule has 1 saturated heterocycles. The van der Waals surface area contributed by atoms with Gasteiger partial charge in [-0.25, -0.2) is 9.97 Å². The molecule has 0 radical (unpaired) electrons. The predicted molar refractivity (Wildman–Crippen MR) is 127 cm³/mol. The molecule has 0 aliphatic carbocycles. The molecular weight excluding hydrogens is 412 g/mol. The zero-order valence-electron chi connectivity index (χ0n) is 16.9. The summed E-state index contributed by atoms with van der Waals surface area (Å²) in [5.74, 6) is 1.87. The molecule has 6 heteroatoms. The number of halogens is 1. The van der Waals surface area contributed by atoms with E-state index in [9.17, 15) is 0 Å². The van der Waals surface area contributed by atoms with Gasteiger partial charge in [-0.2, -0.15) is 0 Å². The highest BCUT2D eigenvalue weighted by Crippen LogP contribution is 2.33. The Labute approximate surface area is 185 Å². The number of thiophene rings is 1. The van der Waals surface area contributed by atoms with Crippen LogP contribution in [0.15, 0.2) is 60.7 Å². The van der Waals surface area contributed by atoms with Gasteiger partial charge >= 0.3 is 0 Å². The zero-order chi connectivity index (χ0) is 20.5. The summed E-state index contributed by atoms with van der Waals surface area (Å²) >= 11 is 7.76. The monoisotopic (exact) mass is 434 g/mol. The minimum absolute atomic E-state index is 0.789. The second kappa shape index (κ2) is 8.34. The van der Waals surface area contributed by atoms with Crippen molar-refractivity contribution in [2.24, 2.45) is 0 Å². The van der Waals surface area contributed by atoms with Crippen molar-refractivity contribution in [1.82, 2.24) is 14.9 Å². The van der Waals surface area contributed by atoms with Crippen molar-refractivity contribution in [2.45, 2.75) is 13.5 Å². The van der Waals surface area contributed by atoms with Gasteiger partial charge in [0.2, 0.25) is 0 Å². The van der Waals surface area contributed by atoms with Crippen molar-refractivity contribution >= 4 is 39.0 Å². The summed E-state index contributed by atoms with van der Waals surface area (Å²) in [5, 5.41) is 1.96. The molecule has 2 aromatic heterocycles. The lowest BCUT2D eigenvalue weighted by molar-refractivity contribution is 0.249.